The van der Waals surface area contributed by atoms with E-state index in [4.69, 9.17) is 11.5 Å². The van der Waals surface area contributed by atoms with Crippen molar-refractivity contribution in [2.75, 3.05) is 19.6 Å². The molecule has 0 aromatic carbocycles. The molecule has 1 atom stereocenters. The molecule has 0 saturated carbocycles. The van der Waals surface area contributed by atoms with Crippen LogP contribution in [0.4, 0.5) is 0 Å². The second kappa shape index (κ2) is 7.65. The van der Waals surface area contributed by atoms with E-state index < -0.39 is 11.9 Å². The summed E-state index contributed by atoms with van der Waals surface area (Å²) in [5, 5.41) is 0. The van der Waals surface area contributed by atoms with Gasteiger partial charge in [-0.2, -0.15) is 0 Å². The van der Waals surface area contributed by atoms with Crippen LogP contribution in [-0.2, 0) is 4.79 Å². The third-order valence-electron chi connectivity index (χ3n) is 2.94. The fraction of sp³-hybridized carbons (Fsp3) is 0.909. The van der Waals surface area contributed by atoms with Gasteiger partial charge in [-0.3, -0.25) is 4.79 Å². The molecule has 0 bridgehead atoms. The minimum atomic E-state index is -0.542. The predicted molar refractivity (Wildman–Crippen MR) is 63.4 cm³/mol. The SMILES string of the molecule is CCC(CC)CN(CC)CC(N)C(N)=O. The summed E-state index contributed by atoms with van der Waals surface area (Å²) in [5.41, 5.74) is 10.8. The third-order valence-corrected chi connectivity index (χ3v) is 2.94. The van der Waals surface area contributed by atoms with E-state index in [0.717, 1.165) is 13.1 Å². The molecule has 1 amide bonds. The van der Waals surface area contributed by atoms with Crippen LogP contribution in [0.3, 0.4) is 0 Å². The molecule has 15 heavy (non-hydrogen) atoms. The fourth-order valence-electron chi connectivity index (χ4n) is 1.61. The van der Waals surface area contributed by atoms with Crippen molar-refractivity contribution in [2.45, 2.75) is 39.7 Å². The number of rotatable bonds is 8. The predicted octanol–water partition coefficient (Wildman–Crippen LogP) is 0.557. The largest absolute Gasteiger partial charge is 0.368 e. The van der Waals surface area contributed by atoms with Crippen molar-refractivity contribution >= 4 is 5.91 Å². The van der Waals surface area contributed by atoms with Gasteiger partial charge in [0.2, 0.25) is 5.91 Å². The molecule has 0 fully saturated rings. The van der Waals surface area contributed by atoms with Gasteiger partial charge in [0.05, 0.1) is 6.04 Å². The van der Waals surface area contributed by atoms with E-state index in [1.165, 1.54) is 12.8 Å². The van der Waals surface area contributed by atoms with E-state index in [9.17, 15) is 4.79 Å². The highest BCUT2D eigenvalue weighted by molar-refractivity contribution is 5.79. The lowest BCUT2D eigenvalue weighted by atomic mass is 10.0. The summed E-state index contributed by atoms with van der Waals surface area (Å²) < 4.78 is 0. The van der Waals surface area contributed by atoms with Gasteiger partial charge in [-0.15, -0.1) is 0 Å². The maximum atomic E-state index is 10.8. The Hall–Kier alpha value is -0.610. The molecule has 0 aliphatic carbocycles. The van der Waals surface area contributed by atoms with E-state index in [2.05, 4.69) is 25.7 Å². The van der Waals surface area contributed by atoms with Crippen LogP contribution >= 0.6 is 0 Å². The highest BCUT2D eigenvalue weighted by Gasteiger charge is 2.16. The van der Waals surface area contributed by atoms with Gasteiger partial charge in [-0.25, -0.2) is 0 Å². The molecule has 0 rings (SSSR count). The number of carbonyl (C=O) groups excluding carboxylic acids is 1. The van der Waals surface area contributed by atoms with Crippen molar-refractivity contribution in [1.82, 2.24) is 4.90 Å². The number of carbonyl (C=O) groups is 1. The molecule has 0 aliphatic rings. The van der Waals surface area contributed by atoms with Crippen LogP contribution < -0.4 is 11.5 Å². The van der Waals surface area contributed by atoms with E-state index in [1.54, 1.807) is 0 Å². The second-order valence-corrected chi connectivity index (χ2v) is 4.04. The molecule has 4 N–H and O–H groups in total. The lowest BCUT2D eigenvalue weighted by Gasteiger charge is -2.26. The molecule has 90 valence electrons. The van der Waals surface area contributed by atoms with Gasteiger partial charge < -0.3 is 16.4 Å². The van der Waals surface area contributed by atoms with Crippen LogP contribution in [0.2, 0.25) is 0 Å². The maximum Gasteiger partial charge on any atom is 0.235 e. The first kappa shape index (κ1) is 14.4. The Morgan fingerprint density at radius 3 is 2.07 bits per heavy atom. The summed E-state index contributed by atoms with van der Waals surface area (Å²) >= 11 is 0. The van der Waals surface area contributed by atoms with Crippen molar-refractivity contribution < 1.29 is 4.79 Å². The molecule has 0 saturated heterocycles. The van der Waals surface area contributed by atoms with Crippen LogP contribution in [0.1, 0.15) is 33.6 Å². The van der Waals surface area contributed by atoms with E-state index >= 15 is 0 Å². The monoisotopic (exact) mass is 215 g/mol. The van der Waals surface area contributed by atoms with Crippen molar-refractivity contribution in [3.63, 3.8) is 0 Å². The lowest BCUT2D eigenvalue weighted by molar-refractivity contribution is -0.119. The topological polar surface area (TPSA) is 72.3 Å². The van der Waals surface area contributed by atoms with Gasteiger partial charge >= 0.3 is 0 Å². The molecule has 4 nitrogen and oxygen atoms in total. The van der Waals surface area contributed by atoms with Crippen LogP contribution in [0.5, 0.6) is 0 Å². The Balaban J connectivity index is 4.07. The molecule has 1 unspecified atom stereocenters. The quantitative estimate of drug-likeness (QED) is 0.621. The summed E-state index contributed by atoms with van der Waals surface area (Å²) in [6.45, 7) is 8.95. The zero-order valence-electron chi connectivity index (χ0n) is 10.2. The summed E-state index contributed by atoms with van der Waals surface area (Å²) in [7, 11) is 0. The molecular formula is C11H25N3O. The van der Waals surface area contributed by atoms with Gasteiger partial charge in [0.1, 0.15) is 0 Å². The number of likely N-dealkylation sites (N-methyl/N-ethyl adjacent to an activating group) is 1. The highest BCUT2D eigenvalue weighted by Crippen LogP contribution is 2.09. The lowest BCUT2D eigenvalue weighted by Crippen LogP contribution is -2.47. The van der Waals surface area contributed by atoms with E-state index in [1.807, 2.05) is 0 Å². The summed E-state index contributed by atoms with van der Waals surface area (Å²) in [5.74, 6) is 0.267. The Bertz CT molecular complexity index is 181. The first-order valence-corrected chi connectivity index (χ1v) is 5.82. The van der Waals surface area contributed by atoms with Crippen molar-refractivity contribution in [1.29, 1.82) is 0 Å². The molecule has 0 aliphatic heterocycles. The highest BCUT2D eigenvalue weighted by atomic mass is 16.1. The molecule has 0 spiro atoms. The average Bonchev–Trinajstić information content (AvgIpc) is 2.23. The van der Waals surface area contributed by atoms with Gasteiger partial charge in [0, 0.05) is 13.1 Å². The summed E-state index contributed by atoms with van der Waals surface area (Å²) in [6, 6.07) is -0.542. The first-order valence-electron chi connectivity index (χ1n) is 5.82. The van der Waals surface area contributed by atoms with E-state index in [0.29, 0.717) is 12.5 Å². The molecular weight excluding hydrogens is 190 g/mol. The second-order valence-electron chi connectivity index (χ2n) is 4.04. The van der Waals surface area contributed by atoms with Crippen LogP contribution in [0, 0.1) is 5.92 Å². The van der Waals surface area contributed by atoms with E-state index in [-0.39, 0.29) is 0 Å². The Morgan fingerprint density at radius 1 is 1.20 bits per heavy atom. The molecule has 0 aromatic rings. The number of primary amides is 1. The summed E-state index contributed by atoms with van der Waals surface area (Å²) in [6.07, 6.45) is 2.33. The minimum Gasteiger partial charge on any atom is -0.368 e. The normalized spacial score (nSPS) is 13.5. The fourth-order valence-corrected chi connectivity index (χ4v) is 1.61. The average molecular weight is 215 g/mol. The smallest absolute Gasteiger partial charge is 0.235 e. The standard InChI is InChI=1S/C11H25N3O/c1-4-9(5-2)7-14(6-3)8-10(12)11(13)15/h9-10H,4-8,12H2,1-3H3,(H2,13,15). The number of hydrogen-bond donors (Lipinski definition) is 2. The molecule has 0 heterocycles. The number of nitrogens with zero attached hydrogens (tertiary/aromatic N) is 1. The van der Waals surface area contributed by atoms with Gasteiger partial charge in [-0.05, 0) is 12.5 Å². The maximum absolute atomic E-state index is 10.8. The molecule has 0 radical (unpaired) electrons. The van der Waals surface area contributed by atoms with Crippen molar-refractivity contribution in [3.8, 4) is 0 Å². The Kier molecular flexibility index (Phi) is 7.34. The van der Waals surface area contributed by atoms with Gasteiger partial charge in [0.15, 0.2) is 0 Å². The minimum absolute atomic E-state index is 0.419. The Morgan fingerprint density at radius 2 is 1.73 bits per heavy atom. The van der Waals surface area contributed by atoms with Gasteiger partial charge in [-0.1, -0.05) is 33.6 Å². The zero-order chi connectivity index (χ0) is 11.8. The summed E-state index contributed by atoms with van der Waals surface area (Å²) in [4.78, 5) is 13.0. The molecule has 4 heteroatoms. The number of nitrogens with two attached hydrogens (primary N) is 2. The number of hydrogen-bond acceptors (Lipinski definition) is 3. The zero-order valence-corrected chi connectivity index (χ0v) is 10.2. The number of amides is 1. The van der Waals surface area contributed by atoms with Gasteiger partial charge in [0.25, 0.3) is 0 Å². The third kappa shape index (κ3) is 5.74. The van der Waals surface area contributed by atoms with Crippen LogP contribution in [0.25, 0.3) is 0 Å². The Labute approximate surface area is 93.0 Å². The molecule has 0 aromatic heterocycles. The van der Waals surface area contributed by atoms with Crippen LogP contribution in [-0.4, -0.2) is 36.5 Å². The first-order chi connectivity index (χ1) is 7.04. The van der Waals surface area contributed by atoms with Crippen LogP contribution in [0.15, 0.2) is 0 Å². The van der Waals surface area contributed by atoms with Crippen molar-refractivity contribution in [3.05, 3.63) is 0 Å². The van der Waals surface area contributed by atoms with Crippen molar-refractivity contribution in [2.24, 2.45) is 17.4 Å².